The number of hydrogen-bond donors (Lipinski definition) is 6. The lowest BCUT2D eigenvalue weighted by Crippen LogP contribution is -2.47. The third-order valence-corrected chi connectivity index (χ3v) is 6.05. The highest BCUT2D eigenvalue weighted by Crippen LogP contribution is 2.22. The van der Waals surface area contributed by atoms with E-state index in [2.05, 4.69) is 26.4 Å². The lowest BCUT2D eigenvalue weighted by atomic mass is 10.0. The predicted octanol–water partition coefficient (Wildman–Crippen LogP) is 1.31. The standard InChI is InChI=1S/C27H32N8O6/c1-41-22-11-10-19-13-21(9-8-20(19)14-22)24(36)33-23(3-2-12-30-26(28)34-35(39)40)25(37)31-15-17-4-6-18(7-5-17)16-32-27(29)38/h4-11,13-14,23H,2-3,12,15-16H2,1H3,(H,31,37)(H,33,36)(H3,28,30,34)(H3,29,32,38)/t23-/m1/s1. The van der Waals surface area contributed by atoms with Crippen LogP contribution < -0.4 is 37.5 Å². The number of rotatable bonds is 13. The summed E-state index contributed by atoms with van der Waals surface area (Å²) in [7, 11) is 1.58. The molecule has 8 N–H and O–H groups in total. The molecule has 0 saturated carbocycles. The first-order chi connectivity index (χ1) is 19.6. The molecule has 1 atom stereocenters. The van der Waals surface area contributed by atoms with E-state index < -0.39 is 28.9 Å². The predicted molar refractivity (Wildman–Crippen MR) is 152 cm³/mol. The Morgan fingerprint density at radius 1 is 0.927 bits per heavy atom. The highest BCUT2D eigenvalue weighted by Gasteiger charge is 2.21. The van der Waals surface area contributed by atoms with Gasteiger partial charge in [-0.3, -0.25) is 9.59 Å². The Morgan fingerprint density at radius 2 is 1.56 bits per heavy atom. The van der Waals surface area contributed by atoms with E-state index in [-0.39, 0.29) is 32.0 Å². The molecule has 14 nitrogen and oxygen atoms in total. The summed E-state index contributed by atoms with van der Waals surface area (Å²) >= 11 is 0. The zero-order valence-electron chi connectivity index (χ0n) is 22.4. The number of nitrogens with two attached hydrogens (primary N) is 2. The molecule has 4 amide bonds. The molecule has 0 spiro atoms. The molecule has 3 aromatic carbocycles. The summed E-state index contributed by atoms with van der Waals surface area (Å²) in [5, 5.41) is 24.9. The zero-order chi connectivity index (χ0) is 29.8. The second-order valence-corrected chi connectivity index (χ2v) is 9.00. The topological polar surface area (TPSA) is 216 Å². The van der Waals surface area contributed by atoms with Crippen molar-refractivity contribution in [2.45, 2.75) is 32.0 Å². The normalized spacial score (nSPS) is 11.8. The number of primary amides is 1. The van der Waals surface area contributed by atoms with Crippen LogP contribution in [0.2, 0.25) is 0 Å². The fourth-order valence-electron chi connectivity index (χ4n) is 3.92. The molecule has 0 bridgehead atoms. The molecule has 0 saturated heterocycles. The number of hydrogen-bond acceptors (Lipinski definition) is 6. The van der Waals surface area contributed by atoms with E-state index >= 15 is 0 Å². The number of carbonyl (C=O) groups is 3. The Labute approximate surface area is 235 Å². The van der Waals surface area contributed by atoms with Gasteiger partial charge in [-0.15, -0.1) is 0 Å². The zero-order valence-corrected chi connectivity index (χ0v) is 22.4. The van der Waals surface area contributed by atoms with Gasteiger partial charge in [0.25, 0.3) is 11.9 Å². The molecule has 0 unspecified atom stereocenters. The second kappa shape index (κ2) is 14.7. The van der Waals surface area contributed by atoms with Gasteiger partial charge in [-0.05, 0) is 59.0 Å². The number of methoxy groups -OCH3 is 1. The molecule has 216 valence electrons. The minimum Gasteiger partial charge on any atom is -0.497 e. The van der Waals surface area contributed by atoms with Crippen LogP contribution in [0.25, 0.3) is 10.8 Å². The SMILES string of the molecule is COc1ccc2cc(C(=O)N[C@H](CCCNC(N)=N[N+](=O)[O-])C(=O)NCc3ccc(CNC(N)=O)cc3)ccc2c1. The molecule has 0 aliphatic carbocycles. The van der Waals surface area contributed by atoms with Crippen LogP contribution >= 0.6 is 0 Å². The molecule has 14 heteroatoms. The van der Waals surface area contributed by atoms with Gasteiger partial charge in [0.15, 0.2) is 5.03 Å². The third-order valence-electron chi connectivity index (χ3n) is 6.05. The van der Waals surface area contributed by atoms with Gasteiger partial charge in [0, 0.05) is 25.2 Å². The molecule has 0 aromatic heterocycles. The smallest absolute Gasteiger partial charge is 0.312 e. The van der Waals surface area contributed by atoms with Crippen LogP contribution in [0.1, 0.15) is 34.3 Å². The summed E-state index contributed by atoms with van der Waals surface area (Å²) in [6.45, 7) is 0.679. The number of nitrogens with zero attached hydrogens (tertiary/aromatic N) is 2. The number of ether oxygens (including phenoxy) is 1. The van der Waals surface area contributed by atoms with Crippen molar-refractivity contribution in [3.63, 3.8) is 0 Å². The lowest BCUT2D eigenvalue weighted by molar-refractivity contribution is -0.485. The molecule has 0 radical (unpaired) electrons. The molecule has 41 heavy (non-hydrogen) atoms. The second-order valence-electron chi connectivity index (χ2n) is 9.00. The molecule has 3 rings (SSSR count). The summed E-state index contributed by atoms with van der Waals surface area (Å²) < 4.78 is 5.24. The minimum atomic E-state index is -0.917. The van der Waals surface area contributed by atoms with Gasteiger partial charge in [-0.1, -0.05) is 36.4 Å². The van der Waals surface area contributed by atoms with Gasteiger partial charge in [-0.2, -0.15) is 0 Å². The van der Waals surface area contributed by atoms with E-state index in [1.54, 1.807) is 55.6 Å². The van der Waals surface area contributed by atoms with E-state index in [1.807, 2.05) is 12.1 Å². The molecule has 0 aliphatic heterocycles. The van der Waals surface area contributed by atoms with E-state index in [4.69, 9.17) is 16.2 Å². The summed E-state index contributed by atoms with van der Waals surface area (Å²) in [4.78, 5) is 47.6. The number of carbonyl (C=O) groups excluding carboxylic acids is 3. The van der Waals surface area contributed by atoms with E-state index in [1.165, 1.54) is 0 Å². The fourth-order valence-corrected chi connectivity index (χ4v) is 3.92. The molecular formula is C27H32N8O6. The number of urea groups is 1. The van der Waals surface area contributed by atoms with Crippen molar-refractivity contribution >= 4 is 34.6 Å². The van der Waals surface area contributed by atoms with Crippen LogP contribution in [0.15, 0.2) is 65.8 Å². The largest absolute Gasteiger partial charge is 0.497 e. The number of fused-ring (bicyclic) bond motifs is 1. The van der Waals surface area contributed by atoms with Crippen LogP contribution in [-0.2, 0) is 17.9 Å². The Morgan fingerprint density at radius 3 is 2.20 bits per heavy atom. The van der Waals surface area contributed by atoms with E-state index in [0.717, 1.165) is 21.9 Å². The van der Waals surface area contributed by atoms with Gasteiger partial charge in [0.2, 0.25) is 5.91 Å². The minimum absolute atomic E-state index is 0.196. The molecule has 0 aliphatic rings. The maximum absolute atomic E-state index is 13.1. The number of nitro groups is 1. The van der Waals surface area contributed by atoms with Crippen LogP contribution in [0.4, 0.5) is 4.79 Å². The molecule has 3 aromatic rings. The van der Waals surface area contributed by atoms with Crippen molar-refractivity contribution in [1.82, 2.24) is 21.3 Å². The van der Waals surface area contributed by atoms with Crippen LogP contribution in [0.3, 0.4) is 0 Å². The Hall–Kier alpha value is -5.40. The van der Waals surface area contributed by atoms with Crippen LogP contribution in [0.5, 0.6) is 5.75 Å². The molecule has 0 fully saturated rings. The Bertz CT molecular complexity index is 1430. The monoisotopic (exact) mass is 564 g/mol. The van der Waals surface area contributed by atoms with Crippen LogP contribution in [-0.4, -0.2) is 48.5 Å². The Balaban J connectivity index is 1.66. The summed E-state index contributed by atoms with van der Waals surface area (Å²) in [5.74, 6) is -0.505. The van der Waals surface area contributed by atoms with E-state index in [9.17, 15) is 24.5 Å². The highest BCUT2D eigenvalue weighted by molar-refractivity contribution is 6.00. The lowest BCUT2D eigenvalue weighted by Gasteiger charge is -2.19. The maximum Gasteiger partial charge on any atom is 0.312 e. The van der Waals surface area contributed by atoms with Crippen LogP contribution in [0, 0.1) is 10.1 Å². The van der Waals surface area contributed by atoms with Crippen molar-refractivity contribution in [2.75, 3.05) is 13.7 Å². The first-order valence-electron chi connectivity index (χ1n) is 12.6. The Kier molecular flexibility index (Phi) is 10.8. The quantitative estimate of drug-likeness (QED) is 0.0583. The molecular weight excluding hydrogens is 532 g/mol. The average molecular weight is 565 g/mol. The number of hydrazone groups is 1. The van der Waals surface area contributed by atoms with Crippen molar-refractivity contribution in [1.29, 1.82) is 0 Å². The first kappa shape index (κ1) is 30.1. The summed E-state index contributed by atoms with van der Waals surface area (Å²) in [6, 6.07) is 16.4. The van der Waals surface area contributed by atoms with Crippen molar-refractivity contribution in [2.24, 2.45) is 16.6 Å². The van der Waals surface area contributed by atoms with Gasteiger partial charge < -0.3 is 37.5 Å². The number of benzene rings is 3. The van der Waals surface area contributed by atoms with Gasteiger partial charge >= 0.3 is 6.03 Å². The van der Waals surface area contributed by atoms with Crippen molar-refractivity contribution in [3.8, 4) is 5.75 Å². The van der Waals surface area contributed by atoms with Gasteiger partial charge in [-0.25, -0.2) is 14.9 Å². The number of amides is 4. The number of guanidine groups is 1. The van der Waals surface area contributed by atoms with Gasteiger partial charge in [0.1, 0.15) is 16.9 Å². The summed E-state index contributed by atoms with van der Waals surface area (Å²) in [5.41, 5.74) is 12.6. The molecule has 0 heterocycles. The maximum atomic E-state index is 13.1. The fraction of sp³-hybridized carbons (Fsp3) is 0.259. The van der Waals surface area contributed by atoms with Crippen molar-refractivity contribution in [3.05, 3.63) is 87.5 Å². The van der Waals surface area contributed by atoms with Crippen molar-refractivity contribution < 1.29 is 24.2 Å². The van der Waals surface area contributed by atoms with Gasteiger partial charge in [0.05, 0.1) is 7.11 Å². The van der Waals surface area contributed by atoms with E-state index in [0.29, 0.717) is 17.7 Å². The third kappa shape index (κ3) is 9.69. The average Bonchev–Trinajstić information content (AvgIpc) is 2.95. The first-order valence-corrected chi connectivity index (χ1v) is 12.6. The number of nitrogens with one attached hydrogen (secondary N) is 4. The summed E-state index contributed by atoms with van der Waals surface area (Å²) in [6.07, 6.45) is 0.574. The highest BCUT2D eigenvalue weighted by atomic mass is 16.7.